The van der Waals surface area contributed by atoms with E-state index in [9.17, 15) is 9.59 Å². The Hall–Kier alpha value is -0.810. The highest BCUT2D eigenvalue weighted by Crippen LogP contribution is 2.40. The number of ether oxygens (including phenoxy) is 6. The number of alkyl halides is 3. The molecule has 30 heavy (non-hydrogen) atoms. The lowest BCUT2D eigenvalue weighted by molar-refractivity contribution is -0.365. The molecule has 0 saturated carbocycles. The molecule has 2 amide bonds. The van der Waals surface area contributed by atoms with Crippen molar-refractivity contribution in [3.63, 3.8) is 0 Å². The van der Waals surface area contributed by atoms with E-state index in [1.165, 1.54) is 0 Å². The highest BCUT2D eigenvalue weighted by molar-refractivity contribution is 6.67. The van der Waals surface area contributed by atoms with Crippen LogP contribution in [0, 0.1) is 0 Å². The summed E-state index contributed by atoms with van der Waals surface area (Å²) in [6.45, 7) is 7.11. The van der Waals surface area contributed by atoms with Crippen LogP contribution in [0.1, 0.15) is 26.7 Å². The molecule has 0 aromatic carbocycles. The van der Waals surface area contributed by atoms with Gasteiger partial charge in [-0.1, -0.05) is 40.9 Å². The number of nitrogens with zero attached hydrogens (tertiary/aromatic N) is 1. The van der Waals surface area contributed by atoms with Crippen molar-refractivity contribution in [1.82, 2.24) is 4.90 Å². The predicted octanol–water partition coefficient (Wildman–Crippen LogP) is 3.54. The van der Waals surface area contributed by atoms with E-state index in [2.05, 4.69) is 6.58 Å². The first kappa shape index (κ1) is 23.8. The molecule has 12 heteroatoms. The van der Waals surface area contributed by atoms with Crippen molar-refractivity contribution in [3.8, 4) is 0 Å². The first-order valence-corrected chi connectivity index (χ1v) is 10.6. The van der Waals surface area contributed by atoms with Crippen LogP contribution in [0.5, 0.6) is 0 Å². The second kappa shape index (κ2) is 9.36. The second-order valence-electron chi connectivity index (χ2n) is 7.52. The molecule has 0 spiro atoms. The predicted molar refractivity (Wildman–Crippen MR) is 106 cm³/mol. The molecule has 3 fully saturated rings. The molecule has 3 aliphatic rings. The number of hydrogen-bond acceptors (Lipinski definition) is 8. The van der Waals surface area contributed by atoms with E-state index in [0.717, 1.165) is 11.3 Å². The summed E-state index contributed by atoms with van der Waals surface area (Å²) in [5.74, 6) is -0.914. The molecular weight excluding hydrogens is 465 g/mol. The van der Waals surface area contributed by atoms with Crippen molar-refractivity contribution in [1.29, 1.82) is 0 Å². The van der Waals surface area contributed by atoms with E-state index in [1.54, 1.807) is 19.9 Å². The normalized spacial score (nSPS) is 32.8. The molecule has 0 N–H and O–H groups in total. The van der Waals surface area contributed by atoms with Crippen LogP contribution in [0.15, 0.2) is 12.7 Å². The van der Waals surface area contributed by atoms with Crippen LogP contribution in [0.25, 0.3) is 0 Å². The molecule has 9 nitrogen and oxygen atoms in total. The molecule has 3 saturated heterocycles. The van der Waals surface area contributed by atoms with E-state index < -0.39 is 59.0 Å². The van der Waals surface area contributed by atoms with Gasteiger partial charge in [-0.15, -0.1) is 6.58 Å². The van der Waals surface area contributed by atoms with Crippen LogP contribution in [0.2, 0.25) is 0 Å². The second-order valence-corrected chi connectivity index (χ2v) is 10.0. The van der Waals surface area contributed by atoms with Crippen LogP contribution < -0.4 is 0 Å². The molecule has 0 aliphatic carbocycles. The lowest BCUT2D eigenvalue weighted by atomic mass is 9.95. The highest BCUT2D eigenvalue weighted by Gasteiger charge is 2.61. The Morgan fingerprint density at radius 2 is 2.10 bits per heavy atom. The van der Waals surface area contributed by atoms with Gasteiger partial charge in [-0.2, -0.15) is 0 Å². The van der Waals surface area contributed by atoms with Crippen LogP contribution in [0.3, 0.4) is 0 Å². The van der Waals surface area contributed by atoms with Gasteiger partial charge in [0.1, 0.15) is 24.9 Å². The van der Waals surface area contributed by atoms with E-state index in [1.807, 2.05) is 0 Å². The monoisotopic (exact) mass is 487 g/mol. The fourth-order valence-electron chi connectivity index (χ4n) is 3.49. The molecule has 0 unspecified atom stereocenters. The molecule has 5 atom stereocenters. The first-order chi connectivity index (χ1) is 14.0. The van der Waals surface area contributed by atoms with Gasteiger partial charge in [0, 0.05) is 0 Å². The van der Waals surface area contributed by atoms with Gasteiger partial charge in [0.2, 0.25) is 3.79 Å². The molecule has 0 aromatic rings. The molecule has 0 aromatic heterocycles. The Morgan fingerprint density at radius 3 is 2.77 bits per heavy atom. The van der Waals surface area contributed by atoms with Crippen molar-refractivity contribution in [3.05, 3.63) is 12.7 Å². The summed E-state index contributed by atoms with van der Waals surface area (Å²) in [4.78, 5) is 25.9. The van der Waals surface area contributed by atoms with Gasteiger partial charge in [-0.25, -0.2) is 14.5 Å². The van der Waals surface area contributed by atoms with Crippen molar-refractivity contribution >= 4 is 47.0 Å². The number of carbonyl (C=O) groups is 2. The topological polar surface area (TPSA) is 92.8 Å². The van der Waals surface area contributed by atoms with Crippen LogP contribution in [-0.4, -0.2) is 77.1 Å². The first-order valence-electron chi connectivity index (χ1n) is 9.45. The Kier molecular flexibility index (Phi) is 7.44. The number of amides is 2. The van der Waals surface area contributed by atoms with E-state index >= 15 is 0 Å². The Balaban J connectivity index is 1.80. The Labute approximate surface area is 189 Å². The van der Waals surface area contributed by atoms with Crippen LogP contribution in [-0.2, 0) is 28.4 Å². The summed E-state index contributed by atoms with van der Waals surface area (Å²) >= 11 is 16.9. The number of halogens is 3. The minimum absolute atomic E-state index is 0.211. The summed E-state index contributed by atoms with van der Waals surface area (Å²) in [6.07, 6.45) is -1.81. The summed E-state index contributed by atoms with van der Waals surface area (Å²) < 4.78 is 32.0. The van der Waals surface area contributed by atoms with Crippen LogP contribution in [0.4, 0.5) is 9.59 Å². The highest BCUT2D eigenvalue weighted by atomic mass is 35.6. The number of imide groups is 1. The van der Waals surface area contributed by atoms with Crippen molar-refractivity contribution in [2.24, 2.45) is 0 Å². The minimum Gasteiger partial charge on any atom is -0.444 e. The standard InChI is InChI=1S/C18H24Cl3NO8/c1-4-5-6-7-25-14-11-13(12-10(28-14)8-27-17(2,3)30-12)29-16(24)22(11)15(23)26-9-18(19,20)21/h4,10-14H,1,5-9H2,2-3H3/t10-,11+,12-,13-,14+/m1/s1. The molecule has 3 aliphatic heterocycles. The molecule has 0 bridgehead atoms. The third kappa shape index (κ3) is 5.51. The van der Waals surface area contributed by atoms with Gasteiger partial charge in [0.05, 0.1) is 13.2 Å². The van der Waals surface area contributed by atoms with Crippen LogP contribution >= 0.6 is 34.8 Å². The van der Waals surface area contributed by atoms with Gasteiger partial charge in [0.25, 0.3) is 0 Å². The molecule has 170 valence electrons. The molecule has 3 rings (SSSR count). The van der Waals surface area contributed by atoms with Gasteiger partial charge in [-0.3, -0.25) is 0 Å². The van der Waals surface area contributed by atoms with Gasteiger partial charge >= 0.3 is 12.2 Å². The number of hydrogen-bond donors (Lipinski definition) is 0. The number of allylic oxidation sites excluding steroid dienone is 1. The zero-order valence-corrected chi connectivity index (χ0v) is 18.8. The maximum atomic E-state index is 12.6. The number of carbonyl (C=O) groups excluding carboxylic acids is 2. The third-order valence-electron chi connectivity index (χ3n) is 4.75. The van der Waals surface area contributed by atoms with Gasteiger partial charge in [0.15, 0.2) is 18.2 Å². The summed E-state index contributed by atoms with van der Waals surface area (Å²) in [5, 5.41) is 0. The molecule has 0 radical (unpaired) electrons. The molecule has 3 heterocycles. The zero-order chi connectivity index (χ0) is 22.1. The lowest BCUT2D eigenvalue weighted by Crippen LogP contribution is -2.66. The largest absolute Gasteiger partial charge is 0.444 e. The Morgan fingerprint density at radius 1 is 1.37 bits per heavy atom. The fourth-order valence-corrected chi connectivity index (χ4v) is 3.65. The summed E-state index contributed by atoms with van der Waals surface area (Å²) in [7, 11) is 0. The minimum atomic E-state index is -1.83. The Bertz CT molecular complexity index is 670. The number of fused-ring (bicyclic) bond motifs is 3. The fraction of sp³-hybridized carbons (Fsp3) is 0.778. The van der Waals surface area contributed by atoms with E-state index in [-0.39, 0.29) is 6.61 Å². The third-order valence-corrected chi connectivity index (χ3v) is 5.08. The van der Waals surface area contributed by atoms with Gasteiger partial charge in [-0.05, 0) is 26.7 Å². The average Bonchev–Trinajstić information content (AvgIpc) is 3.00. The maximum absolute atomic E-state index is 12.6. The SMILES string of the molecule is C=CCCCO[C@H]1O[C@@H]2COC(C)(C)O[C@H]2[C@@H]2OC(=O)N(C(=O)OCC(Cl)(Cl)Cl)[C@H]12. The van der Waals surface area contributed by atoms with Gasteiger partial charge < -0.3 is 28.4 Å². The molecular formula is C18H24Cl3NO8. The van der Waals surface area contributed by atoms with E-state index in [0.29, 0.717) is 13.0 Å². The quantitative estimate of drug-likeness (QED) is 0.318. The summed E-state index contributed by atoms with van der Waals surface area (Å²) in [6, 6.07) is -0.945. The van der Waals surface area contributed by atoms with E-state index in [4.69, 9.17) is 63.2 Å². The average molecular weight is 489 g/mol. The lowest BCUT2D eigenvalue weighted by Gasteiger charge is -2.48. The summed E-state index contributed by atoms with van der Waals surface area (Å²) in [5.41, 5.74) is 0. The van der Waals surface area contributed by atoms with Crippen molar-refractivity contribution in [2.45, 2.75) is 66.9 Å². The van der Waals surface area contributed by atoms with Crippen molar-refractivity contribution in [2.75, 3.05) is 19.8 Å². The van der Waals surface area contributed by atoms with Crippen molar-refractivity contribution < 1.29 is 38.0 Å². The zero-order valence-electron chi connectivity index (χ0n) is 16.6. The number of rotatable bonds is 6. The maximum Gasteiger partial charge on any atom is 0.420 e. The number of unbranched alkanes of at least 4 members (excludes halogenated alkanes) is 1. The smallest absolute Gasteiger partial charge is 0.420 e.